The highest BCUT2D eigenvalue weighted by molar-refractivity contribution is 5.78. The number of piperidine rings is 1. The number of ether oxygens (including phenoxy) is 1. The quantitative estimate of drug-likeness (QED) is 0.839. The average Bonchev–Trinajstić information content (AvgIpc) is 2.52. The Bertz CT molecular complexity index is 450. The minimum Gasteiger partial charge on any atom is -0.483 e. The molecule has 0 spiro atoms. The molecule has 1 unspecified atom stereocenters. The molecule has 0 saturated carbocycles. The third-order valence-corrected chi connectivity index (χ3v) is 3.70. The van der Waals surface area contributed by atoms with Gasteiger partial charge in [-0.05, 0) is 25.3 Å². The number of benzene rings is 1. The van der Waals surface area contributed by atoms with Gasteiger partial charge in [0.15, 0.2) is 6.61 Å². The lowest BCUT2D eigenvalue weighted by atomic mass is 10.0. The summed E-state index contributed by atoms with van der Waals surface area (Å²) in [5.41, 5.74) is 6.52. The zero-order valence-electron chi connectivity index (χ0n) is 11.6. The molecule has 3 N–H and O–H groups in total. The smallest absolute Gasteiger partial charge is 0.260 e. The normalized spacial score (nSPS) is 18.9. The molecule has 1 fully saturated rings. The maximum absolute atomic E-state index is 12.2. The molecule has 1 aromatic carbocycles. The number of amides is 1. The van der Waals surface area contributed by atoms with Gasteiger partial charge < -0.3 is 20.5 Å². The third-order valence-electron chi connectivity index (χ3n) is 3.70. The highest BCUT2D eigenvalue weighted by Gasteiger charge is 2.26. The van der Waals surface area contributed by atoms with Crippen LogP contribution in [0.5, 0.6) is 5.75 Å². The first kappa shape index (κ1) is 14.8. The molecule has 0 aliphatic carbocycles. The predicted octanol–water partition coefficient (Wildman–Crippen LogP) is 0.897. The molecule has 5 nitrogen and oxygen atoms in total. The van der Waals surface area contributed by atoms with Crippen molar-refractivity contribution in [2.75, 3.05) is 19.8 Å². The van der Waals surface area contributed by atoms with Crippen LogP contribution < -0.4 is 10.5 Å². The summed E-state index contributed by atoms with van der Waals surface area (Å²) in [7, 11) is 0. The van der Waals surface area contributed by atoms with Crippen molar-refractivity contribution >= 4 is 5.91 Å². The van der Waals surface area contributed by atoms with Crippen LogP contribution in [0.4, 0.5) is 0 Å². The molecule has 1 amide bonds. The molecular weight excluding hydrogens is 256 g/mol. The van der Waals surface area contributed by atoms with Crippen LogP contribution in [0, 0.1) is 0 Å². The molecule has 110 valence electrons. The van der Waals surface area contributed by atoms with Gasteiger partial charge in [0.2, 0.25) is 0 Å². The number of carbonyl (C=O) groups is 1. The van der Waals surface area contributed by atoms with Crippen LogP contribution in [0.2, 0.25) is 0 Å². The summed E-state index contributed by atoms with van der Waals surface area (Å²) < 4.78 is 5.58. The Morgan fingerprint density at radius 1 is 1.40 bits per heavy atom. The number of aliphatic hydroxyl groups is 1. The van der Waals surface area contributed by atoms with Gasteiger partial charge in [-0.2, -0.15) is 0 Å². The number of likely N-dealkylation sites (tertiary alicyclic amines) is 1. The van der Waals surface area contributed by atoms with Gasteiger partial charge in [0.05, 0.1) is 12.6 Å². The molecule has 0 aromatic heterocycles. The topological polar surface area (TPSA) is 75.8 Å². The molecule has 5 heteroatoms. The van der Waals surface area contributed by atoms with Crippen LogP contribution >= 0.6 is 0 Å². The van der Waals surface area contributed by atoms with Gasteiger partial charge >= 0.3 is 0 Å². The van der Waals surface area contributed by atoms with Gasteiger partial charge in [-0.15, -0.1) is 0 Å². The second kappa shape index (κ2) is 7.26. The predicted molar refractivity (Wildman–Crippen MR) is 76.3 cm³/mol. The van der Waals surface area contributed by atoms with Crippen molar-refractivity contribution in [2.45, 2.75) is 31.8 Å². The largest absolute Gasteiger partial charge is 0.483 e. The Kier molecular flexibility index (Phi) is 5.38. The molecule has 2 rings (SSSR count). The van der Waals surface area contributed by atoms with E-state index in [1.807, 2.05) is 24.3 Å². The summed E-state index contributed by atoms with van der Waals surface area (Å²) in [4.78, 5) is 13.9. The summed E-state index contributed by atoms with van der Waals surface area (Å²) in [6.45, 7) is 1.10. The van der Waals surface area contributed by atoms with Crippen LogP contribution in [0.25, 0.3) is 0 Å². The summed E-state index contributed by atoms with van der Waals surface area (Å²) in [5, 5.41) is 9.33. The molecule has 1 aliphatic rings. The number of hydrogen-bond acceptors (Lipinski definition) is 4. The maximum Gasteiger partial charge on any atom is 0.260 e. The fourth-order valence-corrected chi connectivity index (χ4v) is 2.55. The lowest BCUT2D eigenvalue weighted by molar-refractivity contribution is -0.138. The van der Waals surface area contributed by atoms with E-state index < -0.39 is 0 Å². The van der Waals surface area contributed by atoms with E-state index in [1.54, 1.807) is 4.90 Å². The fourth-order valence-electron chi connectivity index (χ4n) is 2.55. The van der Waals surface area contributed by atoms with Crippen molar-refractivity contribution in [2.24, 2.45) is 5.73 Å². The molecule has 20 heavy (non-hydrogen) atoms. The van der Waals surface area contributed by atoms with Gasteiger partial charge in [-0.25, -0.2) is 0 Å². The summed E-state index contributed by atoms with van der Waals surface area (Å²) in [6, 6.07) is 7.39. The zero-order valence-corrected chi connectivity index (χ0v) is 11.6. The van der Waals surface area contributed by atoms with Gasteiger partial charge in [-0.3, -0.25) is 4.79 Å². The number of rotatable bonds is 5. The second-order valence-electron chi connectivity index (χ2n) is 5.02. The molecule has 1 heterocycles. The SMILES string of the molecule is NCc1ccccc1OCC(=O)N1CCCCC1CO. The van der Waals surface area contributed by atoms with Crippen molar-refractivity contribution in [1.82, 2.24) is 4.90 Å². The Morgan fingerprint density at radius 3 is 2.95 bits per heavy atom. The van der Waals surface area contributed by atoms with Crippen molar-refractivity contribution in [3.05, 3.63) is 29.8 Å². The number of hydrogen-bond donors (Lipinski definition) is 2. The standard InChI is InChI=1S/C15H22N2O3/c16-9-12-5-1-2-7-14(12)20-11-15(19)17-8-4-3-6-13(17)10-18/h1-2,5,7,13,18H,3-4,6,8-11,16H2. The second-order valence-corrected chi connectivity index (χ2v) is 5.02. The zero-order chi connectivity index (χ0) is 14.4. The van der Waals surface area contributed by atoms with E-state index in [2.05, 4.69) is 0 Å². The van der Waals surface area contributed by atoms with Gasteiger partial charge in [-0.1, -0.05) is 18.2 Å². The fraction of sp³-hybridized carbons (Fsp3) is 0.533. The third kappa shape index (κ3) is 3.49. The maximum atomic E-state index is 12.2. The van der Waals surface area contributed by atoms with Crippen LogP contribution in [0.3, 0.4) is 0 Å². The molecule has 1 aliphatic heterocycles. The van der Waals surface area contributed by atoms with Crippen molar-refractivity contribution in [3.63, 3.8) is 0 Å². The van der Waals surface area contributed by atoms with Gasteiger partial charge in [0, 0.05) is 18.7 Å². The number of para-hydroxylation sites is 1. The van der Waals surface area contributed by atoms with E-state index in [4.69, 9.17) is 10.5 Å². The van der Waals surface area contributed by atoms with Crippen LogP contribution in [-0.2, 0) is 11.3 Å². The number of nitrogens with zero attached hydrogens (tertiary/aromatic N) is 1. The van der Waals surface area contributed by atoms with E-state index in [1.165, 1.54) is 0 Å². The van der Waals surface area contributed by atoms with E-state index in [0.717, 1.165) is 24.8 Å². The first-order valence-corrected chi connectivity index (χ1v) is 7.07. The van der Waals surface area contributed by atoms with E-state index in [9.17, 15) is 9.90 Å². The monoisotopic (exact) mass is 278 g/mol. The Hall–Kier alpha value is -1.59. The van der Waals surface area contributed by atoms with Crippen molar-refractivity contribution < 1.29 is 14.6 Å². The lowest BCUT2D eigenvalue weighted by Crippen LogP contribution is -2.47. The number of carbonyl (C=O) groups excluding carboxylic acids is 1. The highest BCUT2D eigenvalue weighted by Crippen LogP contribution is 2.19. The van der Waals surface area contributed by atoms with Crippen LogP contribution in [0.15, 0.2) is 24.3 Å². The van der Waals surface area contributed by atoms with Gasteiger partial charge in [0.25, 0.3) is 5.91 Å². The van der Waals surface area contributed by atoms with Gasteiger partial charge in [0.1, 0.15) is 5.75 Å². The molecule has 0 bridgehead atoms. The Morgan fingerprint density at radius 2 is 2.20 bits per heavy atom. The van der Waals surface area contributed by atoms with E-state index >= 15 is 0 Å². The summed E-state index contributed by atoms with van der Waals surface area (Å²) >= 11 is 0. The first-order valence-electron chi connectivity index (χ1n) is 7.07. The molecule has 1 atom stereocenters. The first-order chi connectivity index (χ1) is 9.76. The Balaban J connectivity index is 1.94. The lowest BCUT2D eigenvalue weighted by Gasteiger charge is -2.34. The average molecular weight is 278 g/mol. The minimum absolute atomic E-state index is 0.00644. The Labute approximate surface area is 119 Å². The van der Waals surface area contributed by atoms with Crippen LogP contribution in [-0.4, -0.2) is 41.7 Å². The number of aliphatic hydroxyl groups excluding tert-OH is 1. The van der Waals surface area contributed by atoms with E-state index in [0.29, 0.717) is 18.8 Å². The van der Waals surface area contributed by atoms with Crippen LogP contribution in [0.1, 0.15) is 24.8 Å². The molecule has 0 radical (unpaired) electrons. The summed E-state index contributed by atoms with van der Waals surface area (Å²) in [5.74, 6) is 0.580. The highest BCUT2D eigenvalue weighted by atomic mass is 16.5. The molecular formula is C15H22N2O3. The molecule has 1 saturated heterocycles. The molecule has 1 aromatic rings. The minimum atomic E-state index is -0.0735. The van der Waals surface area contributed by atoms with Crippen molar-refractivity contribution in [1.29, 1.82) is 0 Å². The summed E-state index contributed by atoms with van der Waals surface area (Å²) in [6.07, 6.45) is 2.91. The number of nitrogens with two attached hydrogens (primary N) is 1. The van der Waals surface area contributed by atoms with E-state index in [-0.39, 0.29) is 25.2 Å². The van der Waals surface area contributed by atoms with Crippen molar-refractivity contribution in [3.8, 4) is 5.75 Å².